The van der Waals surface area contributed by atoms with Gasteiger partial charge in [0.1, 0.15) is 0 Å². The lowest BCUT2D eigenvalue weighted by atomic mass is 9.84. The molecule has 0 saturated heterocycles. The molecule has 0 radical (unpaired) electrons. The van der Waals surface area contributed by atoms with Crippen LogP contribution >= 0.6 is 0 Å². The Labute approximate surface area is 186 Å². The third kappa shape index (κ3) is 5.36. The Hall–Kier alpha value is -2.62. The van der Waals surface area contributed by atoms with Gasteiger partial charge in [-0.25, -0.2) is 0 Å². The molecule has 2 N–H and O–H groups in total. The Morgan fingerprint density at radius 3 is 1.42 bits per heavy atom. The fraction of sp³-hybridized carbons (Fsp3) is 0.357. The van der Waals surface area contributed by atoms with Crippen LogP contribution in [0.15, 0.2) is 72.8 Å². The molecule has 3 nitrogen and oxygen atoms in total. The lowest BCUT2D eigenvalue weighted by Gasteiger charge is -2.27. The summed E-state index contributed by atoms with van der Waals surface area (Å²) in [4.78, 5) is 2.27. The summed E-state index contributed by atoms with van der Waals surface area (Å²) in [5.41, 5.74) is 7.07. The highest BCUT2D eigenvalue weighted by molar-refractivity contribution is 5.76. The van der Waals surface area contributed by atoms with Crippen LogP contribution in [-0.4, -0.2) is 23.4 Å². The summed E-state index contributed by atoms with van der Waals surface area (Å²) < 4.78 is 0. The van der Waals surface area contributed by atoms with Gasteiger partial charge in [-0.3, -0.25) is 0 Å². The summed E-state index contributed by atoms with van der Waals surface area (Å²) >= 11 is 0. The zero-order valence-electron chi connectivity index (χ0n) is 18.2. The van der Waals surface area contributed by atoms with E-state index in [-0.39, 0.29) is 13.2 Å². The molecule has 0 atom stereocenters. The van der Waals surface area contributed by atoms with Gasteiger partial charge in [-0.1, -0.05) is 55.7 Å². The molecule has 31 heavy (non-hydrogen) atoms. The van der Waals surface area contributed by atoms with Gasteiger partial charge in [-0.15, -0.1) is 0 Å². The number of hydrogen-bond donors (Lipinski definition) is 2. The van der Waals surface area contributed by atoms with Crippen molar-refractivity contribution in [1.82, 2.24) is 0 Å². The van der Waals surface area contributed by atoms with Gasteiger partial charge in [-0.2, -0.15) is 0 Å². The second kappa shape index (κ2) is 10.6. The Morgan fingerprint density at radius 1 is 0.581 bits per heavy atom. The maximum Gasteiger partial charge on any atom is 0.0471 e. The smallest absolute Gasteiger partial charge is 0.0471 e. The van der Waals surface area contributed by atoms with Crippen molar-refractivity contribution in [3.8, 4) is 0 Å². The number of aliphatic hydroxyl groups excluding tert-OH is 2. The second-order valence-corrected chi connectivity index (χ2v) is 8.54. The van der Waals surface area contributed by atoms with Crippen molar-refractivity contribution in [2.45, 2.75) is 50.9 Å². The second-order valence-electron chi connectivity index (χ2n) is 8.54. The third-order valence-electron chi connectivity index (χ3n) is 6.42. The highest BCUT2D eigenvalue weighted by atomic mass is 16.3. The van der Waals surface area contributed by atoms with E-state index in [1.807, 2.05) is 0 Å². The standard InChI is InChI=1S/C28H33NO2/c30-20-18-22-6-12-26(13-7-22)29(27-14-8-23(9-15-27)19-21-31)28-16-10-25(11-17-28)24-4-2-1-3-5-24/h6-17,24,30-31H,1-5,18-21H2. The van der Waals surface area contributed by atoms with Crippen LogP contribution in [0.2, 0.25) is 0 Å². The third-order valence-corrected chi connectivity index (χ3v) is 6.42. The SMILES string of the molecule is OCCc1ccc(N(c2ccc(CCO)cc2)c2ccc(C3CCCCC3)cc2)cc1. The number of anilines is 3. The fourth-order valence-electron chi connectivity index (χ4n) is 4.66. The molecule has 0 spiro atoms. The number of rotatable bonds is 8. The first kappa shape index (κ1) is 21.6. The van der Waals surface area contributed by atoms with Crippen LogP contribution in [-0.2, 0) is 12.8 Å². The van der Waals surface area contributed by atoms with Gasteiger partial charge >= 0.3 is 0 Å². The van der Waals surface area contributed by atoms with E-state index in [9.17, 15) is 10.2 Å². The van der Waals surface area contributed by atoms with Crippen molar-refractivity contribution >= 4 is 17.1 Å². The summed E-state index contributed by atoms with van der Waals surface area (Å²) in [5.74, 6) is 0.701. The normalized spacial score (nSPS) is 14.5. The lowest BCUT2D eigenvalue weighted by Crippen LogP contribution is -2.11. The van der Waals surface area contributed by atoms with Gasteiger partial charge in [0.05, 0.1) is 0 Å². The Bertz CT molecular complexity index is 877. The minimum atomic E-state index is 0.165. The average Bonchev–Trinajstić information content (AvgIpc) is 2.83. The zero-order chi connectivity index (χ0) is 21.5. The molecule has 4 rings (SSSR count). The summed E-state index contributed by atoms with van der Waals surface area (Å²) in [6.45, 7) is 0.329. The Balaban J connectivity index is 1.65. The molecule has 1 aliphatic carbocycles. The maximum absolute atomic E-state index is 9.23. The van der Waals surface area contributed by atoms with Crippen LogP contribution in [0.5, 0.6) is 0 Å². The zero-order valence-corrected chi connectivity index (χ0v) is 18.2. The van der Waals surface area contributed by atoms with E-state index in [1.54, 1.807) is 0 Å². The molecule has 0 aliphatic heterocycles. The van der Waals surface area contributed by atoms with Gasteiger partial charge in [0.2, 0.25) is 0 Å². The van der Waals surface area contributed by atoms with Crippen molar-refractivity contribution in [3.05, 3.63) is 89.5 Å². The minimum absolute atomic E-state index is 0.165. The van der Waals surface area contributed by atoms with Crippen LogP contribution in [0.25, 0.3) is 0 Å². The fourth-order valence-corrected chi connectivity index (χ4v) is 4.66. The first-order valence-corrected chi connectivity index (χ1v) is 11.6. The van der Waals surface area contributed by atoms with E-state index in [0.717, 1.165) is 28.2 Å². The van der Waals surface area contributed by atoms with Gasteiger partial charge in [0, 0.05) is 30.3 Å². The first-order valence-electron chi connectivity index (χ1n) is 11.6. The van der Waals surface area contributed by atoms with Crippen LogP contribution in [0, 0.1) is 0 Å². The van der Waals surface area contributed by atoms with Crippen LogP contribution in [0.4, 0.5) is 17.1 Å². The highest BCUT2D eigenvalue weighted by Crippen LogP contribution is 2.37. The number of hydrogen-bond acceptors (Lipinski definition) is 3. The summed E-state index contributed by atoms with van der Waals surface area (Å²) in [6, 6.07) is 26.0. The van der Waals surface area contributed by atoms with Crippen molar-refractivity contribution in [2.75, 3.05) is 18.1 Å². The molecule has 3 heteroatoms. The van der Waals surface area contributed by atoms with Crippen LogP contribution < -0.4 is 4.90 Å². The van der Waals surface area contributed by atoms with Crippen molar-refractivity contribution in [3.63, 3.8) is 0 Å². The summed E-state index contributed by atoms with van der Waals surface area (Å²) in [7, 11) is 0. The van der Waals surface area contributed by atoms with E-state index < -0.39 is 0 Å². The number of nitrogens with zero attached hydrogens (tertiary/aromatic N) is 1. The quantitative estimate of drug-likeness (QED) is 0.455. The molecule has 3 aromatic carbocycles. The summed E-state index contributed by atoms with van der Waals surface area (Å²) in [6.07, 6.45) is 8.03. The van der Waals surface area contributed by atoms with E-state index in [0.29, 0.717) is 18.8 Å². The Morgan fingerprint density at radius 2 is 1.00 bits per heavy atom. The van der Waals surface area contributed by atoms with Crippen molar-refractivity contribution in [1.29, 1.82) is 0 Å². The molecule has 0 heterocycles. The molecule has 3 aromatic rings. The number of benzene rings is 3. The van der Waals surface area contributed by atoms with Gasteiger partial charge in [-0.05, 0) is 84.7 Å². The molecular weight excluding hydrogens is 382 g/mol. The molecule has 1 aliphatic rings. The minimum Gasteiger partial charge on any atom is -0.396 e. The molecule has 0 aromatic heterocycles. The van der Waals surface area contributed by atoms with E-state index in [4.69, 9.17) is 0 Å². The van der Waals surface area contributed by atoms with Gasteiger partial charge in [0.25, 0.3) is 0 Å². The monoisotopic (exact) mass is 415 g/mol. The largest absolute Gasteiger partial charge is 0.396 e. The Kier molecular flexibility index (Phi) is 7.39. The van der Waals surface area contributed by atoms with Crippen LogP contribution in [0.3, 0.4) is 0 Å². The topological polar surface area (TPSA) is 43.7 Å². The first-order chi connectivity index (χ1) is 15.3. The van der Waals surface area contributed by atoms with E-state index in [2.05, 4.69) is 77.7 Å². The molecule has 0 bridgehead atoms. The van der Waals surface area contributed by atoms with Crippen molar-refractivity contribution < 1.29 is 10.2 Å². The average molecular weight is 416 g/mol. The number of aliphatic hydroxyl groups is 2. The predicted octanol–water partition coefficient (Wildman–Crippen LogP) is 6.27. The molecule has 162 valence electrons. The lowest BCUT2D eigenvalue weighted by molar-refractivity contribution is 0.299. The molecular formula is C28H33NO2. The predicted molar refractivity (Wildman–Crippen MR) is 129 cm³/mol. The maximum atomic E-state index is 9.23. The summed E-state index contributed by atoms with van der Waals surface area (Å²) in [5, 5.41) is 18.5. The molecule has 0 amide bonds. The van der Waals surface area contributed by atoms with E-state index in [1.165, 1.54) is 37.7 Å². The van der Waals surface area contributed by atoms with Gasteiger partial charge < -0.3 is 15.1 Å². The highest BCUT2D eigenvalue weighted by Gasteiger charge is 2.17. The van der Waals surface area contributed by atoms with E-state index >= 15 is 0 Å². The molecule has 0 unspecified atom stereocenters. The van der Waals surface area contributed by atoms with Crippen LogP contribution in [0.1, 0.15) is 54.7 Å². The van der Waals surface area contributed by atoms with Gasteiger partial charge in [0.15, 0.2) is 0 Å². The van der Waals surface area contributed by atoms with Crippen molar-refractivity contribution in [2.24, 2.45) is 0 Å². The molecule has 1 saturated carbocycles. The molecule has 1 fully saturated rings.